The fraction of sp³-hybridized carbons (Fsp3) is 0.100. The molecule has 0 aliphatic heterocycles. The van der Waals surface area contributed by atoms with Crippen molar-refractivity contribution in [3.05, 3.63) is 72.0 Å². The second kappa shape index (κ2) is 7.01. The molecular formula is C20H17N3O2S. The van der Waals surface area contributed by atoms with E-state index >= 15 is 0 Å². The number of hydrogen-bond acceptors (Lipinski definition) is 5. The first-order chi connectivity index (χ1) is 12.7. The van der Waals surface area contributed by atoms with Gasteiger partial charge in [0.05, 0.1) is 22.3 Å². The van der Waals surface area contributed by atoms with Crippen molar-refractivity contribution < 1.29 is 9.21 Å². The van der Waals surface area contributed by atoms with Crippen LogP contribution in [0, 0.1) is 0 Å². The van der Waals surface area contributed by atoms with Crippen molar-refractivity contribution >= 4 is 33.1 Å². The predicted octanol–water partition coefficient (Wildman–Crippen LogP) is 4.53. The van der Waals surface area contributed by atoms with Crippen molar-refractivity contribution in [3.63, 3.8) is 0 Å². The number of hydrogen-bond donors (Lipinski definition) is 2. The lowest BCUT2D eigenvalue weighted by Gasteiger charge is -2.08. The number of anilines is 1. The molecule has 2 N–H and O–H groups in total. The van der Waals surface area contributed by atoms with Crippen molar-refractivity contribution in [3.8, 4) is 10.8 Å². The highest BCUT2D eigenvalue weighted by Gasteiger charge is 2.13. The third kappa shape index (κ3) is 3.19. The summed E-state index contributed by atoms with van der Waals surface area (Å²) in [5.41, 5.74) is 2.36. The minimum absolute atomic E-state index is 0.145. The Kier molecular flexibility index (Phi) is 4.41. The van der Waals surface area contributed by atoms with Gasteiger partial charge in [-0.2, -0.15) is 0 Å². The number of benzene rings is 2. The molecule has 1 amide bonds. The van der Waals surface area contributed by atoms with Crippen LogP contribution in [0.4, 0.5) is 5.69 Å². The van der Waals surface area contributed by atoms with E-state index < -0.39 is 0 Å². The standard InChI is InChI=1S/C20H17N3O2S/c1-21-15-7-3-2-6-14(15)19(24)22-12-13-10-11-17(25-13)20-23-16-8-4-5-9-18(16)26-20/h2-11,21H,12H2,1H3,(H,22,24). The van der Waals surface area contributed by atoms with Gasteiger partial charge < -0.3 is 15.1 Å². The van der Waals surface area contributed by atoms with E-state index in [0.717, 1.165) is 20.9 Å². The molecule has 2 aromatic carbocycles. The van der Waals surface area contributed by atoms with Gasteiger partial charge in [-0.25, -0.2) is 4.98 Å². The number of nitrogens with zero attached hydrogens (tertiary/aromatic N) is 1. The maximum Gasteiger partial charge on any atom is 0.253 e. The molecule has 0 radical (unpaired) electrons. The molecule has 0 saturated heterocycles. The number of rotatable bonds is 5. The number of nitrogens with one attached hydrogen (secondary N) is 2. The lowest BCUT2D eigenvalue weighted by Crippen LogP contribution is -2.23. The van der Waals surface area contributed by atoms with Crippen LogP contribution in [0.2, 0.25) is 0 Å². The second-order valence-electron chi connectivity index (χ2n) is 5.73. The summed E-state index contributed by atoms with van der Waals surface area (Å²) in [6, 6.07) is 19.1. The zero-order chi connectivity index (χ0) is 17.9. The predicted molar refractivity (Wildman–Crippen MR) is 104 cm³/mol. The molecule has 130 valence electrons. The van der Waals surface area contributed by atoms with E-state index in [1.54, 1.807) is 24.5 Å². The number of aromatic nitrogens is 1. The van der Waals surface area contributed by atoms with Gasteiger partial charge in [-0.3, -0.25) is 4.79 Å². The van der Waals surface area contributed by atoms with Crippen LogP contribution in [-0.4, -0.2) is 17.9 Å². The van der Waals surface area contributed by atoms with E-state index in [1.807, 2.05) is 54.6 Å². The van der Waals surface area contributed by atoms with Crippen LogP contribution in [0.25, 0.3) is 21.0 Å². The van der Waals surface area contributed by atoms with E-state index in [9.17, 15) is 4.79 Å². The molecule has 0 unspecified atom stereocenters. The highest BCUT2D eigenvalue weighted by Crippen LogP contribution is 2.31. The molecule has 0 fully saturated rings. The Morgan fingerprint density at radius 3 is 2.73 bits per heavy atom. The molecule has 0 aliphatic rings. The maximum atomic E-state index is 12.4. The third-order valence-electron chi connectivity index (χ3n) is 4.03. The summed E-state index contributed by atoms with van der Waals surface area (Å²) in [4.78, 5) is 17.0. The van der Waals surface area contributed by atoms with Crippen LogP contribution in [0.5, 0.6) is 0 Å². The quantitative estimate of drug-likeness (QED) is 0.547. The summed E-state index contributed by atoms with van der Waals surface area (Å²) < 4.78 is 6.98. The molecule has 0 bridgehead atoms. The average molecular weight is 363 g/mol. The minimum atomic E-state index is -0.145. The van der Waals surface area contributed by atoms with E-state index in [0.29, 0.717) is 23.6 Å². The molecule has 2 aromatic heterocycles. The highest BCUT2D eigenvalue weighted by molar-refractivity contribution is 7.21. The lowest BCUT2D eigenvalue weighted by atomic mass is 10.1. The Labute approximate surface area is 154 Å². The highest BCUT2D eigenvalue weighted by atomic mass is 32.1. The van der Waals surface area contributed by atoms with Crippen LogP contribution < -0.4 is 10.6 Å². The van der Waals surface area contributed by atoms with Gasteiger partial charge in [0.2, 0.25) is 0 Å². The Balaban J connectivity index is 1.47. The van der Waals surface area contributed by atoms with Gasteiger partial charge in [-0.1, -0.05) is 24.3 Å². The molecule has 4 aromatic rings. The van der Waals surface area contributed by atoms with Crippen LogP contribution in [-0.2, 0) is 6.54 Å². The van der Waals surface area contributed by atoms with Crippen molar-refractivity contribution in [1.82, 2.24) is 10.3 Å². The summed E-state index contributed by atoms with van der Waals surface area (Å²) in [7, 11) is 1.79. The molecule has 5 nitrogen and oxygen atoms in total. The van der Waals surface area contributed by atoms with E-state index in [4.69, 9.17) is 4.42 Å². The van der Waals surface area contributed by atoms with Crippen molar-refractivity contribution in [2.45, 2.75) is 6.54 Å². The van der Waals surface area contributed by atoms with Gasteiger partial charge in [0.15, 0.2) is 10.8 Å². The van der Waals surface area contributed by atoms with Gasteiger partial charge in [0.1, 0.15) is 5.76 Å². The Morgan fingerprint density at radius 1 is 1.08 bits per heavy atom. The van der Waals surface area contributed by atoms with Crippen LogP contribution >= 0.6 is 11.3 Å². The zero-order valence-corrected chi connectivity index (χ0v) is 15.0. The fourth-order valence-corrected chi connectivity index (χ4v) is 3.65. The smallest absolute Gasteiger partial charge is 0.253 e. The monoisotopic (exact) mass is 363 g/mol. The van der Waals surface area contributed by atoms with Crippen molar-refractivity contribution in [2.75, 3.05) is 12.4 Å². The SMILES string of the molecule is CNc1ccccc1C(=O)NCc1ccc(-c2nc3ccccc3s2)o1. The topological polar surface area (TPSA) is 67.2 Å². The first kappa shape index (κ1) is 16.4. The Morgan fingerprint density at radius 2 is 1.88 bits per heavy atom. The molecule has 6 heteroatoms. The molecule has 0 aliphatic carbocycles. The largest absolute Gasteiger partial charge is 0.457 e. The molecule has 4 rings (SSSR count). The maximum absolute atomic E-state index is 12.4. The van der Waals surface area contributed by atoms with Gasteiger partial charge in [-0.15, -0.1) is 11.3 Å². The normalized spacial score (nSPS) is 10.8. The van der Waals surface area contributed by atoms with Crippen molar-refractivity contribution in [2.24, 2.45) is 0 Å². The lowest BCUT2D eigenvalue weighted by molar-refractivity contribution is 0.0949. The second-order valence-corrected chi connectivity index (χ2v) is 6.76. The van der Waals surface area contributed by atoms with Crippen molar-refractivity contribution in [1.29, 1.82) is 0 Å². The average Bonchev–Trinajstić information content (AvgIpc) is 3.32. The number of carbonyl (C=O) groups excluding carboxylic acids is 1. The molecular weight excluding hydrogens is 346 g/mol. The van der Waals surface area contributed by atoms with Crippen LogP contribution in [0.1, 0.15) is 16.1 Å². The zero-order valence-electron chi connectivity index (χ0n) is 14.2. The molecule has 0 atom stereocenters. The Bertz CT molecular complexity index is 1030. The summed E-state index contributed by atoms with van der Waals surface area (Å²) in [5.74, 6) is 1.26. The number of furan rings is 1. The summed E-state index contributed by atoms with van der Waals surface area (Å²) in [6.07, 6.45) is 0. The molecule has 26 heavy (non-hydrogen) atoms. The van der Waals surface area contributed by atoms with Gasteiger partial charge in [0.25, 0.3) is 5.91 Å². The molecule has 0 spiro atoms. The van der Waals surface area contributed by atoms with Gasteiger partial charge in [0, 0.05) is 12.7 Å². The van der Waals surface area contributed by atoms with E-state index in [-0.39, 0.29) is 5.91 Å². The number of thiazole rings is 1. The summed E-state index contributed by atoms with van der Waals surface area (Å²) in [5, 5.41) is 6.75. The molecule has 0 saturated carbocycles. The first-order valence-electron chi connectivity index (χ1n) is 8.24. The van der Waals surface area contributed by atoms with E-state index in [2.05, 4.69) is 15.6 Å². The van der Waals surface area contributed by atoms with Gasteiger partial charge in [-0.05, 0) is 36.4 Å². The van der Waals surface area contributed by atoms with Crippen LogP contribution in [0.15, 0.2) is 65.1 Å². The number of para-hydroxylation sites is 2. The van der Waals surface area contributed by atoms with E-state index in [1.165, 1.54) is 0 Å². The molecule has 2 heterocycles. The number of carbonyl (C=O) groups is 1. The van der Waals surface area contributed by atoms with Gasteiger partial charge >= 0.3 is 0 Å². The number of amides is 1. The number of fused-ring (bicyclic) bond motifs is 1. The van der Waals surface area contributed by atoms with Crippen LogP contribution in [0.3, 0.4) is 0 Å². The first-order valence-corrected chi connectivity index (χ1v) is 9.06. The third-order valence-corrected chi connectivity index (χ3v) is 5.08. The summed E-state index contributed by atoms with van der Waals surface area (Å²) >= 11 is 1.59. The Hall–Kier alpha value is -3.12. The fourth-order valence-electron chi connectivity index (χ4n) is 2.73. The minimum Gasteiger partial charge on any atom is -0.457 e. The summed E-state index contributed by atoms with van der Waals surface area (Å²) in [6.45, 7) is 0.321.